The highest BCUT2D eigenvalue weighted by Gasteiger charge is 2.19. The predicted octanol–water partition coefficient (Wildman–Crippen LogP) is 25.2. The molecule has 0 aromatic carbocycles. The van der Waals surface area contributed by atoms with Crippen LogP contribution < -0.4 is 0 Å². The first-order valence-electron chi connectivity index (χ1n) is 36.4. The molecule has 0 aromatic heterocycles. The summed E-state index contributed by atoms with van der Waals surface area (Å²) in [7, 11) is 0. The average molecular weight is 1160 g/mol. The fourth-order valence-corrected chi connectivity index (χ4v) is 10.8. The number of carbonyl (C=O) groups is 3. The number of hydrogen-bond acceptors (Lipinski definition) is 6. The average Bonchev–Trinajstić information content (AvgIpc) is 3.50. The van der Waals surface area contributed by atoms with Gasteiger partial charge in [-0.1, -0.05) is 344 Å². The van der Waals surface area contributed by atoms with Gasteiger partial charge in [-0.2, -0.15) is 0 Å². The van der Waals surface area contributed by atoms with Crippen LogP contribution in [0.5, 0.6) is 0 Å². The third-order valence-electron chi connectivity index (χ3n) is 16.2. The Balaban J connectivity index is 4.31. The summed E-state index contributed by atoms with van der Waals surface area (Å²) in [4.78, 5) is 38.5. The van der Waals surface area contributed by atoms with Crippen LogP contribution in [0.25, 0.3) is 0 Å². The Labute approximate surface area is 516 Å². The zero-order valence-electron chi connectivity index (χ0n) is 55.5. The van der Waals surface area contributed by atoms with Crippen LogP contribution in [0.1, 0.15) is 380 Å². The van der Waals surface area contributed by atoms with Gasteiger partial charge in [0.05, 0.1) is 0 Å². The number of unbranched alkanes of at least 4 members (excludes halogenated alkanes) is 44. The molecule has 0 bridgehead atoms. The van der Waals surface area contributed by atoms with Crippen molar-refractivity contribution < 1.29 is 28.6 Å². The minimum Gasteiger partial charge on any atom is -0.462 e. The van der Waals surface area contributed by atoms with Gasteiger partial charge < -0.3 is 14.2 Å². The highest BCUT2D eigenvalue weighted by Crippen LogP contribution is 2.18. The highest BCUT2D eigenvalue weighted by atomic mass is 16.6. The number of rotatable bonds is 67. The van der Waals surface area contributed by atoms with Crippen LogP contribution in [0.4, 0.5) is 0 Å². The maximum absolute atomic E-state index is 13.0. The first kappa shape index (κ1) is 79.8. The molecule has 0 aliphatic heterocycles. The second-order valence-corrected chi connectivity index (χ2v) is 24.5. The second-order valence-electron chi connectivity index (χ2n) is 24.5. The number of carbonyl (C=O) groups excluding carboxylic acids is 3. The summed E-state index contributed by atoms with van der Waals surface area (Å²) in [5, 5.41) is 0. The zero-order valence-corrected chi connectivity index (χ0v) is 55.5. The molecule has 0 aliphatic carbocycles. The second kappa shape index (κ2) is 71.3. The molecule has 0 saturated heterocycles. The van der Waals surface area contributed by atoms with E-state index in [9.17, 15) is 14.4 Å². The third-order valence-corrected chi connectivity index (χ3v) is 16.2. The first-order valence-corrected chi connectivity index (χ1v) is 36.4. The van der Waals surface area contributed by atoms with Gasteiger partial charge >= 0.3 is 17.9 Å². The van der Waals surface area contributed by atoms with Crippen molar-refractivity contribution in [3.8, 4) is 0 Å². The van der Waals surface area contributed by atoms with E-state index in [1.807, 2.05) is 0 Å². The van der Waals surface area contributed by atoms with Crippen molar-refractivity contribution in [2.75, 3.05) is 13.2 Å². The molecule has 83 heavy (non-hydrogen) atoms. The van der Waals surface area contributed by atoms with Crippen LogP contribution in [0.2, 0.25) is 0 Å². The van der Waals surface area contributed by atoms with Gasteiger partial charge in [-0.25, -0.2) is 0 Å². The standard InChI is InChI=1S/C77H138O6/c1-4-7-10-13-16-19-22-25-28-31-33-35-36-37-38-39-40-42-43-46-49-52-55-58-61-64-67-70-76(79)82-73-74(72-81-75(78)69-66-63-60-57-54-51-48-45-30-27-24-21-18-15-12-9-6-3)83-77(80)71-68-65-62-59-56-53-50-47-44-41-34-32-29-26-23-20-17-14-11-8-5-2/h9,12,18,21,23,26-27,30,32,34,44,47,74H,4-8,10-11,13-17,19-20,22,24-25,28-29,31,33,35-43,45-46,48-73H2,1-3H3/b12-9-,21-18-,26-23-,30-27-,34-32-,47-44-. The van der Waals surface area contributed by atoms with Crippen molar-refractivity contribution in [1.82, 2.24) is 0 Å². The Morgan fingerprint density at radius 3 is 0.735 bits per heavy atom. The molecule has 6 heteroatoms. The van der Waals surface area contributed by atoms with Crippen LogP contribution in [-0.2, 0) is 28.6 Å². The van der Waals surface area contributed by atoms with Crippen LogP contribution in [0.3, 0.4) is 0 Å². The largest absolute Gasteiger partial charge is 0.462 e. The Morgan fingerprint density at radius 1 is 0.253 bits per heavy atom. The van der Waals surface area contributed by atoms with Crippen molar-refractivity contribution in [2.45, 2.75) is 386 Å². The zero-order chi connectivity index (χ0) is 59.9. The molecule has 0 fully saturated rings. The SMILES string of the molecule is CC/C=C\C/C=C\C/C=C\CCCCCCCCCC(=O)OCC(COC(=O)CCCCCCCCCCCCCCCCCCCCCCCCCCCCC)OC(=O)CCCCCCCC/C=C\C/C=C\C/C=C\CCCCCCC. The van der Waals surface area contributed by atoms with Crippen LogP contribution in [0, 0.1) is 0 Å². The number of allylic oxidation sites excluding steroid dienone is 12. The quantitative estimate of drug-likeness (QED) is 0.0261. The van der Waals surface area contributed by atoms with Gasteiger partial charge in [-0.3, -0.25) is 14.4 Å². The van der Waals surface area contributed by atoms with Gasteiger partial charge in [0, 0.05) is 19.3 Å². The lowest BCUT2D eigenvalue weighted by atomic mass is 10.0. The Bertz CT molecular complexity index is 1520. The summed E-state index contributed by atoms with van der Waals surface area (Å²) in [5.41, 5.74) is 0. The molecule has 0 amide bonds. The highest BCUT2D eigenvalue weighted by molar-refractivity contribution is 5.71. The monoisotopic (exact) mass is 1160 g/mol. The van der Waals surface area contributed by atoms with Crippen LogP contribution in [0.15, 0.2) is 72.9 Å². The lowest BCUT2D eigenvalue weighted by molar-refractivity contribution is -0.167. The summed E-state index contributed by atoms with van der Waals surface area (Å²) in [6, 6.07) is 0. The minimum absolute atomic E-state index is 0.0808. The smallest absolute Gasteiger partial charge is 0.306 e. The molecule has 0 rings (SSSR count). The molecule has 6 nitrogen and oxygen atoms in total. The van der Waals surface area contributed by atoms with Gasteiger partial charge in [0.1, 0.15) is 13.2 Å². The molecule has 482 valence electrons. The Kier molecular flexibility index (Phi) is 68.6. The maximum Gasteiger partial charge on any atom is 0.306 e. The van der Waals surface area contributed by atoms with E-state index in [1.54, 1.807) is 0 Å². The van der Waals surface area contributed by atoms with Crippen LogP contribution >= 0.6 is 0 Å². The summed E-state index contributed by atoms with van der Waals surface area (Å²) in [6.45, 7) is 6.56. The molecular formula is C77H138O6. The number of esters is 3. The van der Waals surface area contributed by atoms with E-state index < -0.39 is 6.10 Å². The van der Waals surface area contributed by atoms with Crippen molar-refractivity contribution in [2.24, 2.45) is 0 Å². The van der Waals surface area contributed by atoms with E-state index in [0.717, 1.165) is 109 Å². The topological polar surface area (TPSA) is 78.9 Å². The molecule has 0 N–H and O–H groups in total. The maximum atomic E-state index is 13.0. The molecule has 0 radical (unpaired) electrons. The van der Waals surface area contributed by atoms with E-state index in [1.165, 1.54) is 231 Å². The molecule has 1 atom stereocenters. The van der Waals surface area contributed by atoms with Gasteiger partial charge in [0.2, 0.25) is 0 Å². The molecule has 0 aromatic rings. The van der Waals surface area contributed by atoms with Gasteiger partial charge in [0.15, 0.2) is 6.10 Å². The van der Waals surface area contributed by atoms with Crippen molar-refractivity contribution in [3.63, 3.8) is 0 Å². The predicted molar refractivity (Wildman–Crippen MR) is 362 cm³/mol. The summed E-state index contributed by atoms with van der Waals surface area (Å²) >= 11 is 0. The van der Waals surface area contributed by atoms with Gasteiger partial charge in [0.25, 0.3) is 0 Å². The van der Waals surface area contributed by atoms with Crippen molar-refractivity contribution >= 4 is 17.9 Å². The molecule has 1 unspecified atom stereocenters. The summed E-state index contributed by atoms with van der Waals surface area (Å²) < 4.78 is 17.0. The molecule has 0 aliphatic rings. The van der Waals surface area contributed by atoms with Crippen molar-refractivity contribution in [3.05, 3.63) is 72.9 Å². The van der Waals surface area contributed by atoms with Gasteiger partial charge in [-0.05, 0) is 89.9 Å². The van der Waals surface area contributed by atoms with E-state index >= 15 is 0 Å². The van der Waals surface area contributed by atoms with E-state index in [2.05, 4.69) is 93.7 Å². The summed E-state index contributed by atoms with van der Waals surface area (Å²) in [5.74, 6) is -0.881. The lowest BCUT2D eigenvalue weighted by Gasteiger charge is -2.18. The molecule has 0 saturated carbocycles. The van der Waals surface area contributed by atoms with E-state index in [4.69, 9.17) is 14.2 Å². The first-order chi connectivity index (χ1) is 41.0. The summed E-state index contributed by atoms with van der Waals surface area (Å²) in [6.07, 6.45) is 93.6. The number of hydrogen-bond donors (Lipinski definition) is 0. The molecule has 0 heterocycles. The fraction of sp³-hybridized carbons (Fsp3) is 0.805. The van der Waals surface area contributed by atoms with E-state index in [-0.39, 0.29) is 31.1 Å². The number of ether oxygens (including phenoxy) is 3. The third kappa shape index (κ3) is 69.5. The normalized spacial score (nSPS) is 12.5. The minimum atomic E-state index is -0.788. The molecule has 0 spiro atoms. The van der Waals surface area contributed by atoms with Gasteiger partial charge in [-0.15, -0.1) is 0 Å². The fourth-order valence-electron chi connectivity index (χ4n) is 10.8. The van der Waals surface area contributed by atoms with Crippen molar-refractivity contribution in [1.29, 1.82) is 0 Å². The van der Waals surface area contributed by atoms with Crippen LogP contribution in [-0.4, -0.2) is 37.2 Å². The van der Waals surface area contributed by atoms with E-state index in [0.29, 0.717) is 19.3 Å². The Morgan fingerprint density at radius 2 is 0.470 bits per heavy atom. The lowest BCUT2D eigenvalue weighted by Crippen LogP contribution is -2.30. The Hall–Kier alpha value is -3.15. The molecular weight excluding hydrogens is 1020 g/mol.